The number of rotatable bonds is 7. The topological polar surface area (TPSA) is 78.4 Å². The molecule has 0 spiro atoms. The van der Waals surface area contributed by atoms with Crippen molar-refractivity contribution in [1.82, 2.24) is 10.6 Å². The molecule has 0 aliphatic heterocycles. The summed E-state index contributed by atoms with van der Waals surface area (Å²) in [4.78, 5) is 22.6. The van der Waals surface area contributed by atoms with Gasteiger partial charge in [-0.25, -0.2) is 0 Å². The van der Waals surface area contributed by atoms with Gasteiger partial charge in [-0.15, -0.1) is 0 Å². The molecule has 1 aliphatic carbocycles. The van der Waals surface area contributed by atoms with Crippen LogP contribution in [0.5, 0.6) is 0 Å². The van der Waals surface area contributed by atoms with Crippen molar-refractivity contribution in [1.29, 1.82) is 0 Å². The third-order valence-electron chi connectivity index (χ3n) is 3.23. The molecule has 1 aliphatic rings. The Labute approximate surface area is 108 Å². The van der Waals surface area contributed by atoms with Crippen molar-refractivity contribution in [2.24, 2.45) is 5.92 Å². The number of amides is 1. The second-order valence-corrected chi connectivity index (χ2v) is 5.45. The highest BCUT2D eigenvalue weighted by atomic mass is 16.4. The van der Waals surface area contributed by atoms with Gasteiger partial charge < -0.3 is 10.4 Å². The fourth-order valence-corrected chi connectivity index (χ4v) is 2.31. The van der Waals surface area contributed by atoms with Gasteiger partial charge in [-0.1, -0.05) is 26.7 Å². The minimum Gasteiger partial charge on any atom is -0.480 e. The van der Waals surface area contributed by atoms with Gasteiger partial charge in [0, 0.05) is 6.04 Å². The normalized spacial score (nSPS) is 17.9. The van der Waals surface area contributed by atoms with Crippen LogP contribution >= 0.6 is 0 Å². The Kier molecular flexibility index (Phi) is 6.12. The van der Waals surface area contributed by atoms with Crippen LogP contribution in [-0.4, -0.2) is 35.6 Å². The van der Waals surface area contributed by atoms with Gasteiger partial charge in [0.2, 0.25) is 5.91 Å². The molecule has 0 aromatic heterocycles. The molecule has 5 heteroatoms. The molecule has 3 N–H and O–H groups in total. The van der Waals surface area contributed by atoms with E-state index in [-0.39, 0.29) is 24.4 Å². The molecule has 0 radical (unpaired) electrons. The highest BCUT2D eigenvalue weighted by Gasteiger charge is 2.21. The van der Waals surface area contributed by atoms with E-state index in [1.54, 1.807) is 0 Å². The van der Waals surface area contributed by atoms with E-state index in [1.807, 2.05) is 13.8 Å². The summed E-state index contributed by atoms with van der Waals surface area (Å²) >= 11 is 0. The minimum atomic E-state index is -0.891. The zero-order valence-electron chi connectivity index (χ0n) is 11.2. The van der Waals surface area contributed by atoms with Crippen LogP contribution in [0, 0.1) is 5.92 Å². The Morgan fingerprint density at radius 2 is 1.89 bits per heavy atom. The summed E-state index contributed by atoms with van der Waals surface area (Å²) in [6.07, 6.45) is 4.96. The van der Waals surface area contributed by atoms with Gasteiger partial charge >= 0.3 is 5.97 Å². The summed E-state index contributed by atoms with van der Waals surface area (Å²) in [7, 11) is 0. The van der Waals surface area contributed by atoms with Crippen LogP contribution in [0.15, 0.2) is 0 Å². The van der Waals surface area contributed by atoms with Crippen LogP contribution in [-0.2, 0) is 9.59 Å². The predicted molar refractivity (Wildman–Crippen MR) is 69.3 cm³/mol. The van der Waals surface area contributed by atoms with Crippen LogP contribution in [0.1, 0.15) is 46.0 Å². The molecule has 1 atom stereocenters. The van der Waals surface area contributed by atoms with E-state index in [4.69, 9.17) is 5.11 Å². The lowest BCUT2D eigenvalue weighted by Gasteiger charge is -2.17. The first-order valence-electron chi connectivity index (χ1n) is 6.74. The Morgan fingerprint density at radius 3 is 2.39 bits per heavy atom. The number of carbonyl (C=O) groups is 2. The van der Waals surface area contributed by atoms with E-state index in [2.05, 4.69) is 10.6 Å². The summed E-state index contributed by atoms with van der Waals surface area (Å²) in [6.45, 7) is 4.02. The van der Waals surface area contributed by atoms with Gasteiger partial charge in [-0.2, -0.15) is 0 Å². The molecule has 104 valence electrons. The maximum absolute atomic E-state index is 11.6. The number of carbonyl (C=O) groups excluding carboxylic acids is 1. The van der Waals surface area contributed by atoms with Gasteiger partial charge in [-0.05, 0) is 25.2 Å². The molecule has 1 unspecified atom stereocenters. The van der Waals surface area contributed by atoms with Gasteiger partial charge in [0.25, 0.3) is 0 Å². The minimum absolute atomic E-state index is 0.0835. The molecule has 0 saturated heterocycles. The number of aliphatic carboxylic acids is 1. The second kappa shape index (κ2) is 7.36. The molecule has 5 nitrogen and oxygen atoms in total. The fraction of sp³-hybridized carbons (Fsp3) is 0.846. The summed E-state index contributed by atoms with van der Waals surface area (Å²) < 4.78 is 0. The summed E-state index contributed by atoms with van der Waals surface area (Å²) in [5.41, 5.74) is 0. The number of carboxylic acids is 1. The van der Waals surface area contributed by atoms with Gasteiger partial charge in [0.15, 0.2) is 0 Å². The van der Waals surface area contributed by atoms with Gasteiger partial charge in [0.1, 0.15) is 6.04 Å². The monoisotopic (exact) mass is 256 g/mol. The molecule has 0 aromatic carbocycles. The smallest absolute Gasteiger partial charge is 0.320 e. The average Bonchev–Trinajstić information content (AvgIpc) is 2.76. The summed E-state index contributed by atoms with van der Waals surface area (Å²) in [6, 6.07) is -0.355. The third kappa shape index (κ3) is 5.49. The Hall–Kier alpha value is -1.10. The van der Waals surface area contributed by atoms with Crippen LogP contribution in [0.3, 0.4) is 0 Å². The predicted octanol–water partition coefficient (Wildman–Crippen LogP) is 1.13. The lowest BCUT2D eigenvalue weighted by molar-refractivity contribution is -0.140. The van der Waals surface area contributed by atoms with Crippen molar-refractivity contribution in [3.05, 3.63) is 0 Å². The summed E-state index contributed by atoms with van der Waals surface area (Å²) in [5, 5.41) is 14.8. The third-order valence-corrected chi connectivity index (χ3v) is 3.23. The Morgan fingerprint density at radius 1 is 1.28 bits per heavy atom. The van der Waals surface area contributed by atoms with Crippen molar-refractivity contribution in [3.8, 4) is 0 Å². The van der Waals surface area contributed by atoms with Crippen molar-refractivity contribution in [2.45, 2.75) is 58.0 Å². The van der Waals surface area contributed by atoms with E-state index < -0.39 is 12.0 Å². The quantitative estimate of drug-likeness (QED) is 0.638. The van der Waals surface area contributed by atoms with E-state index in [0.717, 1.165) is 12.8 Å². The lowest BCUT2D eigenvalue weighted by atomic mass is 10.0. The van der Waals surface area contributed by atoms with Crippen LogP contribution in [0.4, 0.5) is 0 Å². The molecule has 1 rings (SSSR count). The molecule has 0 heterocycles. The molecular weight excluding hydrogens is 232 g/mol. The van der Waals surface area contributed by atoms with E-state index >= 15 is 0 Å². The van der Waals surface area contributed by atoms with Crippen molar-refractivity contribution in [3.63, 3.8) is 0 Å². The fourth-order valence-electron chi connectivity index (χ4n) is 2.31. The number of carboxylic acid groups (broad SMARTS) is 1. The Bertz CT molecular complexity index is 286. The van der Waals surface area contributed by atoms with Gasteiger partial charge in [-0.3, -0.25) is 14.9 Å². The van der Waals surface area contributed by atoms with Crippen LogP contribution in [0.25, 0.3) is 0 Å². The number of hydrogen-bond acceptors (Lipinski definition) is 3. The lowest BCUT2D eigenvalue weighted by Crippen LogP contribution is -2.45. The maximum Gasteiger partial charge on any atom is 0.320 e. The zero-order chi connectivity index (χ0) is 13.5. The first-order chi connectivity index (χ1) is 8.49. The van der Waals surface area contributed by atoms with Crippen molar-refractivity contribution in [2.75, 3.05) is 6.54 Å². The summed E-state index contributed by atoms with van der Waals surface area (Å²) in [5.74, 6) is -0.703. The van der Waals surface area contributed by atoms with E-state index in [0.29, 0.717) is 6.42 Å². The highest BCUT2D eigenvalue weighted by molar-refractivity contribution is 5.80. The standard InChI is InChI=1S/C13H24N2O3/c1-9(2)7-11(13(17)18)14-8-12(16)15-10-5-3-4-6-10/h9-11,14H,3-8H2,1-2H3,(H,15,16)(H,17,18). The molecule has 1 saturated carbocycles. The first-order valence-corrected chi connectivity index (χ1v) is 6.74. The molecule has 1 fully saturated rings. The number of nitrogens with one attached hydrogen (secondary N) is 2. The SMILES string of the molecule is CC(C)CC(NCC(=O)NC1CCCC1)C(=O)O. The molecular formula is C13H24N2O3. The molecule has 0 aromatic rings. The largest absolute Gasteiger partial charge is 0.480 e. The van der Waals surface area contributed by atoms with Crippen LogP contribution < -0.4 is 10.6 Å². The van der Waals surface area contributed by atoms with E-state index in [9.17, 15) is 9.59 Å². The molecule has 0 bridgehead atoms. The molecule has 18 heavy (non-hydrogen) atoms. The Balaban J connectivity index is 2.27. The first kappa shape index (κ1) is 15.0. The zero-order valence-corrected chi connectivity index (χ0v) is 11.2. The van der Waals surface area contributed by atoms with Crippen LogP contribution in [0.2, 0.25) is 0 Å². The second-order valence-electron chi connectivity index (χ2n) is 5.45. The number of hydrogen-bond donors (Lipinski definition) is 3. The van der Waals surface area contributed by atoms with Crippen molar-refractivity contribution < 1.29 is 14.7 Å². The van der Waals surface area contributed by atoms with Crippen molar-refractivity contribution >= 4 is 11.9 Å². The maximum atomic E-state index is 11.6. The highest BCUT2D eigenvalue weighted by Crippen LogP contribution is 2.17. The van der Waals surface area contributed by atoms with E-state index in [1.165, 1.54) is 12.8 Å². The average molecular weight is 256 g/mol. The molecule has 1 amide bonds. The van der Waals surface area contributed by atoms with Gasteiger partial charge in [0.05, 0.1) is 6.54 Å².